The molecule has 4 heterocycles. The molecule has 1 fully saturated rings. The van der Waals surface area contributed by atoms with Crippen molar-refractivity contribution in [3.63, 3.8) is 0 Å². The average Bonchev–Trinajstić information content (AvgIpc) is 3.24. The van der Waals surface area contributed by atoms with Crippen LogP contribution in [0.15, 0.2) is 60.9 Å². The first kappa shape index (κ1) is 19.6. The lowest BCUT2D eigenvalue weighted by Crippen LogP contribution is -2.41. The lowest BCUT2D eigenvalue weighted by molar-refractivity contribution is -0.122. The molecule has 3 aromatic heterocycles. The van der Waals surface area contributed by atoms with Gasteiger partial charge in [-0.1, -0.05) is 30.3 Å². The number of fused-ring (bicyclic) bond motifs is 2. The molecule has 7 nitrogen and oxygen atoms in total. The van der Waals surface area contributed by atoms with Crippen LogP contribution in [-0.4, -0.2) is 56.6 Å². The maximum Gasteiger partial charge on any atom is 0.234 e. The number of amides is 1. The number of nitrogens with zero attached hydrogens (tertiary/aromatic N) is 5. The Morgan fingerprint density at radius 2 is 1.90 bits per heavy atom. The first-order valence-corrected chi connectivity index (χ1v) is 10.9. The van der Waals surface area contributed by atoms with E-state index in [9.17, 15) is 4.79 Å². The molecule has 0 unspecified atom stereocenters. The minimum atomic E-state index is 0.0829. The summed E-state index contributed by atoms with van der Waals surface area (Å²) in [6.07, 6.45) is 6.60. The van der Waals surface area contributed by atoms with Crippen LogP contribution in [0.2, 0.25) is 0 Å². The Balaban J connectivity index is 1.10. The fourth-order valence-electron chi connectivity index (χ4n) is 4.45. The van der Waals surface area contributed by atoms with Gasteiger partial charge in [0.1, 0.15) is 5.82 Å². The van der Waals surface area contributed by atoms with E-state index in [1.54, 1.807) is 0 Å². The minimum absolute atomic E-state index is 0.0829. The molecule has 31 heavy (non-hydrogen) atoms. The van der Waals surface area contributed by atoms with Crippen LogP contribution in [0.4, 0.5) is 0 Å². The van der Waals surface area contributed by atoms with Gasteiger partial charge in [-0.3, -0.25) is 19.1 Å². The van der Waals surface area contributed by atoms with E-state index in [1.807, 2.05) is 42.7 Å². The largest absolute Gasteiger partial charge is 0.355 e. The number of likely N-dealkylation sites (tertiary alicyclic amines) is 1. The second-order valence-corrected chi connectivity index (χ2v) is 8.13. The molecule has 1 amide bonds. The van der Waals surface area contributed by atoms with Crippen molar-refractivity contribution in [2.24, 2.45) is 0 Å². The third-order valence-electron chi connectivity index (χ3n) is 6.09. The van der Waals surface area contributed by atoms with Gasteiger partial charge in [0.15, 0.2) is 5.65 Å². The number of carbonyl (C=O) groups excluding carboxylic acids is 1. The molecule has 1 aromatic carbocycles. The third kappa shape index (κ3) is 4.27. The van der Waals surface area contributed by atoms with Crippen molar-refractivity contribution < 1.29 is 4.79 Å². The van der Waals surface area contributed by atoms with Crippen molar-refractivity contribution in [3.8, 4) is 0 Å². The Kier molecular flexibility index (Phi) is 5.58. The van der Waals surface area contributed by atoms with Gasteiger partial charge in [0, 0.05) is 30.2 Å². The lowest BCUT2D eigenvalue weighted by atomic mass is 9.96. The second-order valence-electron chi connectivity index (χ2n) is 8.13. The highest BCUT2D eigenvalue weighted by molar-refractivity contribution is 5.82. The summed E-state index contributed by atoms with van der Waals surface area (Å²) in [4.78, 5) is 19.2. The molecule has 7 heteroatoms. The Morgan fingerprint density at radius 3 is 2.81 bits per heavy atom. The van der Waals surface area contributed by atoms with Crippen LogP contribution in [0.25, 0.3) is 16.6 Å². The highest BCUT2D eigenvalue weighted by Gasteiger charge is 2.25. The summed E-state index contributed by atoms with van der Waals surface area (Å²) >= 11 is 0. The molecule has 0 bridgehead atoms. The minimum Gasteiger partial charge on any atom is -0.355 e. The molecule has 5 rings (SSSR count). The predicted molar refractivity (Wildman–Crippen MR) is 120 cm³/mol. The summed E-state index contributed by atoms with van der Waals surface area (Å²) in [5, 5.41) is 12.9. The number of hydrogen-bond donors (Lipinski definition) is 1. The van der Waals surface area contributed by atoms with E-state index in [1.165, 1.54) is 5.56 Å². The van der Waals surface area contributed by atoms with Crippen molar-refractivity contribution in [3.05, 3.63) is 72.3 Å². The molecule has 1 aliphatic rings. The number of para-hydroxylation sites is 1. The van der Waals surface area contributed by atoms with Gasteiger partial charge in [-0.25, -0.2) is 0 Å². The van der Waals surface area contributed by atoms with Gasteiger partial charge in [0.05, 0.1) is 12.1 Å². The molecular formula is C24H26N6O. The molecule has 0 aliphatic carbocycles. The summed E-state index contributed by atoms with van der Waals surface area (Å²) < 4.78 is 2.08. The predicted octanol–water partition coefficient (Wildman–Crippen LogP) is 2.82. The van der Waals surface area contributed by atoms with Gasteiger partial charge >= 0.3 is 0 Å². The summed E-state index contributed by atoms with van der Waals surface area (Å²) in [5.74, 6) is 1.50. The fraction of sp³-hybridized carbons (Fsp3) is 0.333. The maximum absolute atomic E-state index is 12.5. The van der Waals surface area contributed by atoms with Gasteiger partial charge in [-0.05, 0) is 56.1 Å². The number of nitrogens with one attached hydrogen (secondary N) is 1. The topological polar surface area (TPSA) is 75.4 Å². The zero-order valence-electron chi connectivity index (χ0n) is 17.4. The molecule has 1 N–H and O–H groups in total. The number of pyridine rings is 2. The highest BCUT2D eigenvalue weighted by Crippen LogP contribution is 2.26. The van der Waals surface area contributed by atoms with Crippen molar-refractivity contribution in [2.45, 2.75) is 25.2 Å². The number of aromatic nitrogens is 4. The van der Waals surface area contributed by atoms with E-state index in [-0.39, 0.29) is 5.91 Å². The summed E-state index contributed by atoms with van der Waals surface area (Å²) in [7, 11) is 0. The Morgan fingerprint density at radius 1 is 1.03 bits per heavy atom. The molecule has 0 radical (unpaired) electrons. The lowest BCUT2D eigenvalue weighted by Gasteiger charge is -2.30. The normalized spacial score (nSPS) is 15.5. The Bertz CT molecular complexity index is 1190. The van der Waals surface area contributed by atoms with Crippen LogP contribution in [0.5, 0.6) is 0 Å². The molecule has 0 spiro atoms. The van der Waals surface area contributed by atoms with E-state index in [0.29, 0.717) is 19.0 Å². The number of benzene rings is 1. The van der Waals surface area contributed by atoms with E-state index >= 15 is 0 Å². The molecule has 0 saturated carbocycles. The van der Waals surface area contributed by atoms with E-state index in [4.69, 9.17) is 0 Å². The van der Waals surface area contributed by atoms with Gasteiger partial charge in [0.2, 0.25) is 5.91 Å². The van der Waals surface area contributed by atoms with Gasteiger partial charge in [-0.2, -0.15) is 0 Å². The first-order valence-electron chi connectivity index (χ1n) is 10.9. The average molecular weight is 415 g/mol. The van der Waals surface area contributed by atoms with Crippen molar-refractivity contribution >= 4 is 22.5 Å². The number of carbonyl (C=O) groups is 1. The van der Waals surface area contributed by atoms with E-state index in [2.05, 4.69) is 48.0 Å². The van der Waals surface area contributed by atoms with Crippen molar-refractivity contribution in [1.82, 2.24) is 29.8 Å². The van der Waals surface area contributed by atoms with Gasteiger partial charge in [-0.15, -0.1) is 10.2 Å². The smallest absolute Gasteiger partial charge is 0.234 e. The van der Waals surface area contributed by atoms with E-state index < -0.39 is 0 Å². The second kappa shape index (κ2) is 8.81. The standard InChI is InChI=1S/C24H26N6O/c31-22(25-13-9-19-6-3-5-18-7-4-12-26-23(18)19)17-29-15-10-20(11-16-29)24-28-27-21-8-1-2-14-30(21)24/h1-8,12,14,20H,9-11,13,15-17H2,(H,25,31). The fourth-order valence-corrected chi connectivity index (χ4v) is 4.45. The molecule has 158 valence electrons. The zero-order valence-corrected chi connectivity index (χ0v) is 17.4. The number of rotatable bonds is 6. The highest BCUT2D eigenvalue weighted by atomic mass is 16.2. The Hall–Kier alpha value is -3.32. The molecule has 1 saturated heterocycles. The van der Waals surface area contributed by atoms with Crippen LogP contribution < -0.4 is 5.32 Å². The molecule has 1 aliphatic heterocycles. The van der Waals surface area contributed by atoms with Crippen LogP contribution >= 0.6 is 0 Å². The third-order valence-corrected chi connectivity index (χ3v) is 6.09. The Labute approximate surface area is 181 Å². The zero-order chi connectivity index (χ0) is 21.0. The van der Waals surface area contributed by atoms with Crippen LogP contribution in [-0.2, 0) is 11.2 Å². The van der Waals surface area contributed by atoms with Crippen LogP contribution in [0.3, 0.4) is 0 Å². The van der Waals surface area contributed by atoms with Gasteiger partial charge in [0.25, 0.3) is 0 Å². The summed E-state index contributed by atoms with van der Waals surface area (Å²) in [6, 6.07) is 16.2. The van der Waals surface area contributed by atoms with Crippen molar-refractivity contribution in [2.75, 3.05) is 26.2 Å². The van der Waals surface area contributed by atoms with Crippen LogP contribution in [0, 0.1) is 0 Å². The van der Waals surface area contributed by atoms with Gasteiger partial charge < -0.3 is 5.32 Å². The summed E-state index contributed by atoms with van der Waals surface area (Å²) in [6.45, 7) is 2.86. The molecular weight excluding hydrogens is 388 g/mol. The van der Waals surface area contributed by atoms with Crippen molar-refractivity contribution in [1.29, 1.82) is 0 Å². The SMILES string of the molecule is O=C(CN1CCC(c2nnc3ccccn23)CC1)NCCc1cccc2cccnc12. The maximum atomic E-state index is 12.5. The number of piperidine rings is 1. The number of hydrogen-bond acceptors (Lipinski definition) is 5. The summed E-state index contributed by atoms with van der Waals surface area (Å²) in [5.41, 5.74) is 3.07. The van der Waals surface area contributed by atoms with Crippen LogP contribution in [0.1, 0.15) is 30.1 Å². The first-order chi connectivity index (χ1) is 15.3. The van der Waals surface area contributed by atoms with E-state index in [0.717, 1.165) is 54.7 Å². The molecule has 0 atom stereocenters. The monoisotopic (exact) mass is 414 g/mol. The quantitative estimate of drug-likeness (QED) is 0.525. The molecule has 4 aromatic rings.